The summed E-state index contributed by atoms with van der Waals surface area (Å²) in [5, 5.41) is 0.606. The lowest BCUT2D eigenvalue weighted by atomic mass is 10.0. The van der Waals surface area contributed by atoms with Crippen molar-refractivity contribution in [2.45, 2.75) is 38.8 Å². The van der Waals surface area contributed by atoms with E-state index in [2.05, 4.69) is 6.58 Å². The van der Waals surface area contributed by atoms with E-state index in [0.29, 0.717) is 5.02 Å². The van der Waals surface area contributed by atoms with Crippen LogP contribution in [0.5, 0.6) is 0 Å². The zero-order valence-electron chi connectivity index (χ0n) is 10.6. The zero-order valence-corrected chi connectivity index (χ0v) is 11.3. The van der Waals surface area contributed by atoms with E-state index < -0.39 is 6.29 Å². The van der Waals surface area contributed by atoms with Crippen LogP contribution in [0.4, 0.5) is 0 Å². The van der Waals surface area contributed by atoms with Crippen molar-refractivity contribution in [1.82, 2.24) is 0 Å². The van der Waals surface area contributed by atoms with Crippen molar-refractivity contribution in [3.8, 4) is 0 Å². The number of ether oxygens (including phenoxy) is 1. The average Bonchev–Trinajstić information content (AvgIpc) is 2.38. The monoisotopic (exact) mass is 268 g/mol. The lowest BCUT2D eigenvalue weighted by Crippen LogP contribution is -2.39. The molecule has 0 radical (unpaired) electrons. The molecule has 1 saturated heterocycles. The Labute approximate surface area is 112 Å². The molecule has 3 atom stereocenters. The van der Waals surface area contributed by atoms with Crippen LogP contribution in [0.15, 0.2) is 36.4 Å². The van der Waals surface area contributed by atoms with Crippen LogP contribution in [-0.4, -0.2) is 12.2 Å². The van der Waals surface area contributed by atoms with Crippen molar-refractivity contribution >= 4 is 11.6 Å². The highest BCUT2D eigenvalue weighted by atomic mass is 35.5. The van der Waals surface area contributed by atoms with Crippen LogP contribution in [0.25, 0.3) is 0 Å². The number of hydrogen-bond donors (Lipinski definition) is 0. The van der Waals surface area contributed by atoms with Gasteiger partial charge >= 0.3 is 0 Å². The molecule has 4 heteroatoms. The molecule has 0 bridgehead atoms. The van der Waals surface area contributed by atoms with Gasteiger partial charge in [-0.05, 0) is 25.0 Å². The van der Waals surface area contributed by atoms with E-state index in [-0.39, 0.29) is 12.2 Å². The Kier molecular flexibility index (Phi) is 4.40. The number of hydrogen-bond acceptors (Lipinski definition) is 3. The molecular formula is C14H17ClO3. The molecule has 0 spiro atoms. The zero-order chi connectivity index (χ0) is 13.1. The van der Waals surface area contributed by atoms with Crippen LogP contribution >= 0.6 is 11.6 Å². The molecular weight excluding hydrogens is 252 g/mol. The molecule has 1 aromatic rings. The maximum absolute atomic E-state index is 6.11. The number of halogens is 1. The van der Waals surface area contributed by atoms with Crippen LogP contribution in [-0.2, 0) is 14.5 Å². The molecule has 1 fully saturated rings. The third-order valence-electron chi connectivity index (χ3n) is 2.93. The second-order valence-electron chi connectivity index (χ2n) is 4.40. The van der Waals surface area contributed by atoms with E-state index in [1.165, 1.54) is 0 Å². The predicted molar refractivity (Wildman–Crippen MR) is 70.1 cm³/mol. The van der Waals surface area contributed by atoms with E-state index in [9.17, 15) is 0 Å². The van der Waals surface area contributed by atoms with Gasteiger partial charge in [0.15, 0.2) is 0 Å². The van der Waals surface area contributed by atoms with E-state index in [1.54, 1.807) is 6.07 Å². The topological polar surface area (TPSA) is 27.7 Å². The third-order valence-corrected chi connectivity index (χ3v) is 3.27. The van der Waals surface area contributed by atoms with Crippen LogP contribution < -0.4 is 0 Å². The molecule has 98 valence electrons. The standard InChI is InChI=1S/C14H17ClO3/c1-4-12-13(9(2)3)17-18-14(16-12)10-7-5-6-8-11(10)15/h5-8,12-14H,2,4H2,1,3H3/t12-,13-,14-/m0/s1. The Balaban J connectivity index is 2.15. The molecule has 0 saturated carbocycles. The minimum Gasteiger partial charge on any atom is -0.339 e. The summed E-state index contributed by atoms with van der Waals surface area (Å²) in [6, 6.07) is 7.42. The molecule has 18 heavy (non-hydrogen) atoms. The maximum atomic E-state index is 6.11. The number of benzene rings is 1. The first kappa shape index (κ1) is 13.6. The van der Waals surface area contributed by atoms with Crippen molar-refractivity contribution in [2.75, 3.05) is 0 Å². The molecule has 0 amide bonds. The summed E-state index contributed by atoms with van der Waals surface area (Å²) in [6.07, 6.45) is -0.0625. The fourth-order valence-electron chi connectivity index (χ4n) is 1.93. The van der Waals surface area contributed by atoms with Gasteiger partial charge in [0.25, 0.3) is 0 Å². The predicted octanol–water partition coefficient (Wildman–Crippen LogP) is 4.04. The van der Waals surface area contributed by atoms with Crippen molar-refractivity contribution < 1.29 is 14.5 Å². The largest absolute Gasteiger partial charge is 0.339 e. The van der Waals surface area contributed by atoms with Gasteiger partial charge in [0.05, 0.1) is 6.10 Å². The third kappa shape index (κ3) is 2.75. The van der Waals surface area contributed by atoms with Crippen molar-refractivity contribution in [1.29, 1.82) is 0 Å². The summed E-state index contributed by atoms with van der Waals surface area (Å²) in [5.74, 6) is 0. The summed E-state index contributed by atoms with van der Waals surface area (Å²) in [4.78, 5) is 10.7. The first-order valence-electron chi connectivity index (χ1n) is 6.01. The molecule has 0 aromatic heterocycles. The van der Waals surface area contributed by atoms with Gasteiger partial charge in [0.2, 0.25) is 6.29 Å². The van der Waals surface area contributed by atoms with Crippen molar-refractivity contribution in [3.63, 3.8) is 0 Å². The molecule has 3 nitrogen and oxygen atoms in total. The quantitative estimate of drug-likeness (QED) is 0.612. The molecule has 0 N–H and O–H groups in total. The smallest absolute Gasteiger partial charge is 0.219 e. The Hall–Kier alpha value is -0.870. The van der Waals surface area contributed by atoms with Crippen LogP contribution in [0.3, 0.4) is 0 Å². The lowest BCUT2D eigenvalue weighted by Gasteiger charge is -2.35. The molecule has 0 aliphatic carbocycles. The Morgan fingerprint density at radius 3 is 2.67 bits per heavy atom. The molecule has 1 aliphatic rings. The maximum Gasteiger partial charge on any atom is 0.219 e. The average molecular weight is 269 g/mol. The number of rotatable bonds is 3. The highest BCUT2D eigenvalue weighted by molar-refractivity contribution is 6.31. The van der Waals surface area contributed by atoms with Gasteiger partial charge in [-0.15, -0.1) is 0 Å². The van der Waals surface area contributed by atoms with Crippen LogP contribution in [0.1, 0.15) is 32.1 Å². The molecule has 1 aliphatic heterocycles. The van der Waals surface area contributed by atoms with Crippen molar-refractivity contribution in [2.24, 2.45) is 0 Å². The van der Waals surface area contributed by atoms with Crippen LogP contribution in [0.2, 0.25) is 5.02 Å². The fraction of sp³-hybridized carbons (Fsp3) is 0.429. The van der Waals surface area contributed by atoms with E-state index in [1.807, 2.05) is 32.0 Å². The summed E-state index contributed by atoms with van der Waals surface area (Å²) in [7, 11) is 0. The van der Waals surface area contributed by atoms with Crippen molar-refractivity contribution in [3.05, 3.63) is 47.0 Å². The molecule has 1 heterocycles. The SMILES string of the molecule is C=C(C)[C@@H]1OO[C@@H](c2ccccc2Cl)O[C@H]1CC. The molecule has 2 rings (SSSR count). The highest BCUT2D eigenvalue weighted by Crippen LogP contribution is 2.34. The summed E-state index contributed by atoms with van der Waals surface area (Å²) < 4.78 is 5.88. The second kappa shape index (κ2) is 5.85. The Morgan fingerprint density at radius 1 is 1.33 bits per heavy atom. The van der Waals surface area contributed by atoms with Gasteiger partial charge in [-0.3, -0.25) is 0 Å². The molecule has 1 aromatic carbocycles. The first-order valence-corrected chi connectivity index (χ1v) is 6.38. The first-order chi connectivity index (χ1) is 8.63. The van der Waals surface area contributed by atoms with Gasteiger partial charge in [-0.25, -0.2) is 4.89 Å². The Morgan fingerprint density at radius 2 is 2.06 bits per heavy atom. The van der Waals surface area contributed by atoms with Gasteiger partial charge in [0, 0.05) is 10.6 Å². The summed E-state index contributed by atoms with van der Waals surface area (Å²) >= 11 is 6.11. The molecule has 0 unspecified atom stereocenters. The lowest BCUT2D eigenvalue weighted by molar-refractivity contribution is -0.456. The Bertz CT molecular complexity index is 433. The summed E-state index contributed by atoms with van der Waals surface area (Å²) in [6.45, 7) is 7.82. The van der Waals surface area contributed by atoms with Gasteiger partial charge in [0.1, 0.15) is 6.10 Å². The highest BCUT2D eigenvalue weighted by Gasteiger charge is 2.34. The second-order valence-corrected chi connectivity index (χ2v) is 4.80. The minimum atomic E-state index is -0.584. The van der Waals surface area contributed by atoms with E-state index >= 15 is 0 Å². The minimum absolute atomic E-state index is 0.0717. The van der Waals surface area contributed by atoms with Gasteiger partial charge < -0.3 is 4.74 Å². The van der Waals surface area contributed by atoms with E-state index in [0.717, 1.165) is 17.6 Å². The fourth-order valence-corrected chi connectivity index (χ4v) is 2.15. The summed E-state index contributed by atoms with van der Waals surface area (Å²) in [5.41, 5.74) is 1.66. The normalized spacial score (nSPS) is 28.1. The van der Waals surface area contributed by atoms with Gasteiger partial charge in [-0.1, -0.05) is 43.3 Å². The van der Waals surface area contributed by atoms with E-state index in [4.69, 9.17) is 26.1 Å². The van der Waals surface area contributed by atoms with Crippen LogP contribution in [0, 0.1) is 0 Å². The van der Waals surface area contributed by atoms with Gasteiger partial charge in [-0.2, -0.15) is 4.89 Å².